The van der Waals surface area contributed by atoms with E-state index in [-0.39, 0.29) is 5.56 Å². The fraction of sp³-hybridized carbons (Fsp3) is 0.444. The smallest absolute Gasteiger partial charge is 0.255 e. The number of aromatic nitrogens is 1. The minimum Gasteiger partial charge on any atom is -0.369 e. The van der Waals surface area contributed by atoms with Crippen molar-refractivity contribution in [2.24, 2.45) is 0 Å². The van der Waals surface area contributed by atoms with E-state index in [0.717, 1.165) is 49.2 Å². The lowest BCUT2D eigenvalue weighted by atomic mass is 10.1. The van der Waals surface area contributed by atoms with Crippen molar-refractivity contribution in [1.29, 1.82) is 0 Å². The van der Waals surface area contributed by atoms with E-state index in [4.69, 9.17) is 0 Å². The maximum Gasteiger partial charge on any atom is 0.255 e. The van der Waals surface area contributed by atoms with Crippen LogP contribution >= 0.6 is 0 Å². The van der Waals surface area contributed by atoms with Crippen LogP contribution in [-0.4, -0.2) is 61.2 Å². The highest BCUT2D eigenvalue weighted by Crippen LogP contribution is 2.23. The Morgan fingerprint density at radius 3 is 2.25 bits per heavy atom. The minimum absolute atomic E-state index is 0.154. The van der Waals surface area contributed by atoms with E-state index >= 15 is 0 Å². The highest BCUT2D eigenvalue weighted by molar-refractivity contribution is 5.80. The number of benzene rings is 2. The van der Waals surface area contributed by atoms with Gasteiger partial charge in [-0.05, 0) is 69.6 Å². The Kier molecular flexibility index (Phi) is 6.68. The van der Waals surface area contributed by atoms with Crippen LogP contribution in [0.1, 0.15) is 22.3 Å². The highest BCUT2D eigenvalue weighted by Gasteiger charge is 2.20. The quantitative estimate of drug-likeness (QED) is 0.593. The van der Waals surface area contributed by atoms with E-state index in [0.29, 0.717) is 13.1 Å². The normalized spacial score (nSPS) is 15.1. The highest BCUT2D eigenvalue weighted by atomic mass is 16.1. The molecule has 32 heavy (non-hydrogen) atoms. The maximum absolute atomic E-state index is 13.5. The summed E-state index contributed by atoms with van der Waals surface area (Å²) in [6.45, 7) is 12.6. The SMILES string of the molecule is Cc1ccc(N2CCN(Cc3cc4ccc(C)cc4n(CCN(C)C)c3=O)CC2)c(C)c1. The van der Waals surface area contributed by atoms with Crippen molar-refractivity contribution >= 4 is 16.6 Å². The molecular weight excluding hydrogens is 396 g/mol. The monoisotopic (exact) mass is 432 g/mol. The average Bonchev–Trinajstić information content (AvgIpc) is 2.75. The lowest BCUT2D eigenvalue weighted by Crippen LogP contribution is -2.47. The van der Waals surface area contributed by atoms with Crippen molar-refractivity contribution in [2.75, 3.05) is 51.7 Å². The molecule has 3 aromatic rings. The predicted octanol–water partition coefficient (Wildman–Crippen LogP) is 3.81. The molecule has 1 fully saturated rings. The number of fused-ring (bicyclic) bond motifs is 1. The first-order valence-electron chi connectivity index (χ1n) is 11.6. The van der Waals surface area contributed by atoms with Gasteiger partial charge in [-0.25, -0.2) is 0 Å². The Hall–Kier alpha value is -2.63. The fourth-order valence-corrected chi connectivity index (χ4v) is 4.72. The third-order valence-electron chi connectivity index (χ3n) is 6.56. The average molecular weight is 433 g/mol. The van der Waals surface area contributed by atoms with Crippen LogP contribution in [0, 0.1) is 20.8 Å². The van der Waals surface area contributed by atoms with Crippen LogP contribution in [0.3, 0.4) is 0 Å². The van der Waals surface area contributed by atoms with E-state index < -0.39 is 0 Å². The van der Waals surface area contributed by atoms with Crippen molar-refractivity contribution in [3.05, 3.63) is 75.1 Å². The largest absolute Gasteiger partial charge is 0.369 e. The fourth-order valence-electron chi connectivity index (χ4n) is 4.72. The molecule has 0 amide bonds. The number of nitrogens with zero attached hydrogens (tertiary/aromatic N) is 4. The molecule has 5 nitrogen and oxygen atoms in total. The van der Waals surface area contributed by atoms with Crippen LogP contribution in [0.15, 0.2) is 47.3 Å². The van der Waals surface area contributed by atoms with Crippen LogP contribution in [0.4, 0.5) is 5.69 Å². The summed E-state index contributed by atoms with van der Waals surface area (Å²) in [5.41, 5.74) is 7.27. The molecule has 2 aromatic carbocycles. The molecule has 1 saturated heterocycles. The van der Waals surface area contributed by atoms with E-state index in [9.17, 15) is 4.79 Å². The summed E-state index contributed by atoms with van der Waals surface area (Å²) in [6.07, 6.45) is 0. The van der Waals surface area contributed by atoms with Crippen molar-refractivity contribution < 1.29 is 0 Å². The summed E-state index contributed by atoms with van der Waals surface area (Å²) in [6, 6.07) is 15.2. The zero-order valence-corrected chi connectivity index (χ0v) is 20.2. The molecule has 0 atom stereocenters. The van der Waals surface area contributed by atoms with Gasteiger partial charge in [0, 0.05) is 57.1 Å². The van der Waals surface area contributed by atoms with E-state index in [1.807, 2.05) is 4.57 Å². The molecule has 0 N–H and O–H groups in total. The summed E-state index contributed by atoms with van der Waals surface area (Å²) in [5, 5.41) is 1.15. The van der Waals surface area contributed by atoms with Crippen LogP contribution in [0.25, 0.3) is 10.9 Å². The first-order valence-corrected chi connectivity index (χ1v) is 11.6. The number of aryl methyl sites for hydroxylation is 3. The molecule has 0 saturated carbocycles. The molecule has 1 aliphatic rings. The summed E-state index contributed by atoms with van der Waals surface area (Å²) in [4.78, 5) is 20.5. The summed E-state index contributed by atoms with van der Waals surface area (Å²) in [5.74, 6) is 0. The van der Waals surface area contributed by atoms with E-state index in [2.05, 4.69) is 92.0 Å². The molecule has 0 aliphatic carbocycles. The predicted molar refractivity (Wildman–Crippen MR) is 135 cm³/mol. The van der Waals surface area contributed by atoms with E-state index in [1.54, 1.807) is 0 Å². The number of hydrogen-bond acceptors (Lipinski definition) is 4. The third kappa shape index (κ3) is 4.89. The van der Waals surface area contributed by atoms with Gasteiger partial charge in [-0.3, -0.25) is 9.69 Å². The summed E-state index contributed by atoms with van der Waals surface area (Å²) in [7, 11) is 4.11. The van der Waals surface area contributed by atoms with Crippen molar-refractivity contribution in [2.45, 2.75) is 33.9 Å². The molecule has 0 bridgehead atoms. The molecule has 4 rings (SSSR count). The van der Waals surface area contributed by atoms with Crippen LogP contribution in [0.2, 0.25) is 0 Å². The van der Waals surface area contributed by atoms with E-state index in [1.165, 1.54) is 22.4 Å². The molecule has 5 heteroatoms. The van der Waals surface area contributed by atoms with Gasteiger partial charge in [0.2, 0.25) is 0 Å². The van der Waals surface area contributed by atoms with Crippen molar-refractivity contribution in [3.63, 3.8) is 0 Å². The second-order valence-electron chi connectivity index (χ2n) is 9.55. The minimum atomic E-state index is 0.154. The Bertz CT molecular complexity index is 1160. The second kappa shape index (κ2) is 9.47. The number of piperazine rings is 1. The molecular formula is C27H36N4O. The first kappa shape index (κ1) is 22.6. The van der Waals surface area contributed by atoms with Gasteiger partial charge in [0.15, 0.2) is 0 Å². The van der Waals surface area contributed by atoms with Gasteiger partial charge in [0.1, 0.15) is 0 Å². The second-order valence-corrected chi connectivity index (χ2v) is 9.55. The maximum atomic E-state index is 13.5. The van der Waals surface area contributed by atoms with Crippen molar-refractivity contribution in [3.8, 4) is 0 Å². The molecule has 0 unspecified atom stereocenters. The first-order chi connectivity index (χ1) is 15.3. The zero-order chi connectivity index (χ0) is 22.8. The van der Waals surface area contributed by atoms with Crippen molar-refractivity contribution in [1.82, 2.24) is 14.4 Å². The Balaban J connectivity index is 1.54. The van der Waals surface area contributed by atoms with Gasteiger partial charge in [-0.1, -0.05) is 29.8 Å². The topological polar surface area (TPSA) is 31.7 Å². The number of pyridine rings is 1. The zero-order valence-electron chi connectivity index (χ0n) is 20.2. The van der Waals surface area contributed by atoms with Gasteiger partial charge in [0.05, 0.1) is 5.52 Å². The lowest BCUT2D eigenvalue weighted by molar-refractivity contribution is 0.248. The molecule has 1 aromatic heterocycles. The van der Waals surface area contributed by atoms with Crippen LogP contribution in [0.5, 0.6) is 0 Å². The Morgan fingerprint density at radius 1 is 0.875 bits per heavy atom. The van der Waals surface area contributed by atoms with Gasteiger partial charge in [0.25, 0.3) is 5.56 Å². The van der Waals surface area contributed by atoms with Gasteiger partial charge >= 0.3 is 0 Å². The summed E-state index contributed by atoms with van der Waals surface area (Å²) >= 11 is 0. The lowest BCUT2D eigenvalue weighted by Gasteiger charge is -2.37. The Morgan fingerprint density at radius 2 is 1.56 bits per heavy atom. The molecule has 0 spiro atoms. The number of hydrogen-bond donors (Lipinski definition) is 0. The number of likely N-dealkylation sites (N-methyl/N-ethyl adjacent to an activating group) is 1. The van der Waals surface area contributed by atoms with Gasteiger partial charge in [-0.15, -0.1) is 0 Å². The van der Waals surface area contributed by atoms with Crippen LogP contribution < -0.4 is 10.5 Å². The van der Waals surface area contributed by atoms with Crippen LogP contribution in [-0.2, 0) is 13.1 Å². The molecule has 0 radical (unpaired) electrons. The molecule has 1 aliphatic heterocycles. The third-order valence-corrected chi connectivity index (χ3v) is 6.56. The number of anilines is 1. The van der Waals surface area contributed by atoms with Gasteiger partial charge < -0.3 is 14.4 Å². The number of rotatable bonds is 6. The molecule has 2 heterocycles. The van der Waals surface area contributed by atoms with Gasteiger partial charge in [-0.2, -0.15) is 0 Å². The Labute approximate surface area is 191 Å². The molecule has 170 valence electrons. The summed E-state index contributed by atoms with van der Waals surface area (Å²) < 4.78 is 1.98. The standard InChI is InChI=1S/C27H36N4O/c1-20-7-9-25(22(3)16-20)30-13-11-29(12-14-30)19-24-18-23-8-6-21(2)17-26(23)31(27(24)32)15-10-28(4)5/h6-9,16-18H,10-15,19H2,1-5H3.